The summed E-state index contributed by atoms with van der Waals surface area (Å²) in [5, 5.41) is 8.26. The normalized spacial score (nSPS) is 11.7. The van der Waals surface area contributed by atoms with Crippen LogP contribution in [0.1, 0.15) is 5.56 Å². The van der Waals surface area contributed by atoms with Gasteiger partial charge in [-0.2, -0.15) is 4.68 Å². The molecule has 1 aromatic heterocycles. The van der Waals surface area contributed by atoms with Gasteiger partial charge in [0.2, 0.25) is 5.88 Å². The molecule has 3 rings (SSSR count). The Morgan fingerprint density at radius 3 is 2.58 bits per heavy atom. The van der Waals surface area contributed by atoms with Gasteiger partial charge < -0.3 is 4.74 Å². The van der Waals surface area contributed by atoms with Crippen LogP contribution in [-0.2, 0) is 4.74 Å². The Labute approximate surface area is 110 Å². The molecule has 0 saturated carbocycles. The summed E-state index contributed by atoms with van der Waals surface area (Å²) in [5.41, 5.74) is 2.82. The van der Waals surface area contributed by atoms with Gasteiger partial charge in [0.05, 0.1) is 12.6 Å². The Kier molecular flexibility index (Phi) is 2.98. The van der Waals surface area contributed by atoms with Crippen molar-refractivity contribution in [3.63, 3.8) is 0 Å². The fourth-order valence-corrected chi connectivity index (χ4v) is 1.93. The van der Waals surface area contributed by atoms with E-state index >= 15 is 0 Å². The van der Waals surface area contributed by atoms with E-state index in [0.717, 1.165) is 16.6 Å². The van der Waals surface area contributed by atoms with Gasteiger partial charge in [0.15, 0.2) is 0 Å². The van der Waals surface area contributed by atoms with Crippen molar-refractivity contribution in [2.24, 2.45) is 0 Å². The molecule has 0 aliphatic rings. The fourth-order valence-electron chi connectivity index (χ4n) is 1.93. The number of methoxy groups -OCH3 is 1. The third-order valence-corrected chi connectivity index (χ3v) is 2.86. The zero-order valence-corrected chi connectivity index (χ0v) is 10.5. The molecule has 4 nitrogen and oxygen atoms in total. The second-order valence-corrected chi connectivity index (χ2v) is 4.09. The summed E-state index contributed by atoms with van der Waals surface area (Å²) in [4.78, 5) is 0. The summed E-state index contributed by atoms with van der Waals surface area (Å²) in [6.07, 6.45) is 1.93. The number of hydrogen-bond donors (Lipinski definition) is 0. The number of nitrogens with zero attached hydrogens (tertiary/aromatic N) is 3. The first-order valence-corrected chi connectivity index (χ1v) is 6.00. The molecule has 0 fully saturated rings. The van der Waals surface area contributed by atoms with Crippen molar-refractivity contribution >= 4 is 23.0 Å². The van der Waals surface area contributed by atoms with Crippen molar-refractivity contribution in [2.75, 3.05) is 7.11 Å². The third-order valence-electron chi connectivity index (χ3n) is 2.86. The topological polar surface area (TPSA) is 39.9 Å². The Bertz CT molecular complexity index is 716. The van der Waals surface area contributed by atoms with Crippen LogP contribution < -0.4 is 0 Å². The molecule has 1 heterocycles. The van der Waals surface area contributed by atoms with E-state index in [0.29, 0.717) is 5.88 Å². The minimum Gasteiger partial charge on any atom is -0.481 e. The summed E-state index contributed by atoms with van der Waals surface area (Å²) < 4.78 is 7.13. The lowest BCUT2D eigenvalue weighted by molar-refractivity contribution is 0.340. The Balaban J connectivity index is 2.10. The van der Waals surface area contributed by atoms with Crippen LogP contribution in [0.4, 0.5) is 0 Å². The molecular formula is C15H13N3O. The number of ether oxygens (including phenoxy) is 1. The summed E-state index contributed by atoms with van der Waals surface area (Å²) in [5.74, 6) is 0.639. The number of rotatable bonds is 3. The first-order chi connectivity index (χ1) is 9.38. The summed E-state index contributed by atoms with van der Waals surface area (Å²) in [6.45, 7) is 0. The number of hydrogen-bond acceptors (Lipinski definition) is 3. The Hall–Kier alpha value is -2.62. The molecule has 4 heteroatoms. The van der Waals surface area contributed by atoms with Gasteiger partial charge in [-0.05, 0) is 17.7 Å². The molecule has 3 aromatic rings. The van der Waals surface area contributed by atoms with E-state index in [1.165, 1.54) is 0 Å². The molecule has 19 heavy (non-hydrogen) atoms. The Morgan fingerprint density at radius 1 is 1.05 bits per heavy atom. The lowest BCUT2D eigenvalue weighted by atomic mass is 10.2. The molecule has 0 amide bonds. The van der Waals surface area contributed by atoms with Crippen LogP contribution in [0, 0.1) is 0 Å². The van der Waals surface area contributed by atoms with Crippen molar-refractivity contribution in [3.05, 3.63) is 60.2 Å². The van der Waals surface area contributed by atoms with Crippen molar-refractivity contribution in [1.29, 1.82) is 0 Å². The Morgan fingerprint density at radius 2 is 1.79 bits per heavy atom. The highest BCUT2D eigenvalue weighted by Crippen LogP contribution is 2.17. The minimum atomic E-state index is 0.639. The SMILES string of the molecule is CO/C(=C/c1ccccc1)n1nnc2ccccc21. The van der Waals surface area contributed by atoms with Crippen LogP contribution in [-0.4, -0.2) is 22.1 Å². The van der Waals surface area contributed by atoms with E-state index in [4.69, 9.17) is 4.74 Å². The van der Waals surface area contributed by atoms with Crippen molar-refractivity contribution in [3.8, 4) is 0 Å². The second kappa shape index (κ2) is 4.94. The van der Waals surface area contributed by atoms with Gasteiger partial charge >= 0.3 is 0 Å². The van der Waals surface area contributed by atoms with E-state index in [9.17, 15) is 0 Å². The van der Waals surface area contributed by atoms with Crippen LogP contribution in [0.5, 0.6) is 0 Å². The van der Waals surface area contributed by atoms with Crippen LogP contribution >= 0.6 is 0 Å². The summed E-state index contributed by atoms with van der Waals surface area (Å²) in [6, 6.07) is 17.8. The van der Waals surface area contributed by atoms with Gasteiger partial charge in [-0.1, -0.05) is 47.7 Å². The molecule has 0 aliphatic carbocycles. The first-order valence-electron chi connectivity index (χ1n) is 6.00. The molecule has 0 bridgehead atoms. The maximum atomic E-state index is 5.43. The molecule has 0 unspecified atom stereocenters. The highest BCUT2D eigenvalue weighted by molar-refractivity contribution is 5.79. The molecule has 0 saturated heterocycles. The van der Waals surface area contributed by atoms with Crippen LogP contribution in [0.3, 0.4) is 0 Å². The predicted molar refractivity (Wildman–Crippen MR) is 75.1 cm³/mol. The quantitative estimate of drug-likeness (QED) is 0.672. The average Bonchev–Trinajstić information content (AvgIpc) is 2.90. The third kappa shape index (κ3) is 2.20. The number of aromatic nitrogens is 3. The maximum absolute atomic E-state index is 5.43. The van der Waals surface area contributed by atoms with Gasteiger partial charge in [0.25, 0.3) is 0 Å². The van der Waals surface area contributed by atoms with E-state index in [1.807, 2.05) is 60.7 Å². The minimum absolute atomic E-state index is 0.639. The largest absolute Gasteiger partial charge is 0.481 e. The molecule has 0 aliphatic heterocycles. The van der Waals surface area contributed by atoms with Crippen LogP contribution in [0.25, 0.3) is 23.0 Å². The zero-order chi connectivity index (χ0) is 13.1. The molecule has 0 N–H and O–H groups in total. The van der Waals surface area contributed by atoms with Gasteiger partial charge in [0, 0.05) is 6.08 Å². The van der Waals surface area contributed by atoms with Gasteiger partial charge in [0.1, 0.15) is 5.52 Å². The summed E-state index contributed by atoms with van der Waals surface area (Å²) in [7, 11) is 1.63. The molecule has 94 valence electrons. The molecule has 0 atom stereocenters. The van der Waals surface area contributed by atoms with Crippen molar-refractivity contribution in [2.45, 2.75) is 0 Å². The smallest absolute Gasteiger partial charge is 0.216 e. The van der Waals surface area contributed by atoms with Crippen molar-refractivity contribution < 1.29 is 4.74 Å². The van der Waals surface area contributed by atoms with E-state index in [2.05, 4.69) is 10.3 Å². The number of para-hydroxylation sites is 1. The molecule has 2 aromatic carbocycles. The van der Waals surface area contributed by atoms with Gasteiger partial charge in [-0.15, -0.1) is 5.10 Å². The highest BCUT2D eigenvalue weighted by Gasteiger charge is 2.08. The van der Waals surface area contributed by atoms with Crippen LogP contribution in [0.15, 0.2) is 54.6 Å². The molecule has 0 radical (unpaired) electrons. The van der Waals surface area contributed by atoms with Gasteiger partial charge in [-0.3, -0.25) is 0 Å². The lowest BCUT2D eigenvalue weighted by Gasteiger charge is -2.06. The molecular weight excluding hydrogens is 238 g/mol. The standard InChI is InChI=1S/C15H13N3O/c1-19-15(11-12-7-3-2-4-8-12)18-14-10-6-5-9-13(14)16-17-18/h2-11H,1H3/b15-11+. The monoisotopic (exact) mass is 251 g/mol. The summed E-state index contributed by atoms with van der Waals surface area (Å²) >= 11 is 0. The lowest BCUT2D eigenvalue weighted by Crippen LogP contribution is -2.01. The van der Waals surface area contributed by atoms with Gasteiger partial charge in [-0.25, -0.2) is 0 Å². The predicted octanol–water partition coefficient (Wildman–Crippen LogP) is 3.03. The van der Waals surface area contributed by atoms with Crippen molar-refractivity contribution in [1.82, 2.24) is 15.0 Å². The fraction of sp³-hybridized carbons (Fsp3) is 0.0667. The first kappa shape index (κ1) is 11.5. The van der Waals surface area contributed by atoms with Crippen LogP contribution in [0.2, 0.25) is 0 Å². The highest BCUT2D eigenvalue weighted by atomic mass is 16.5. The maximum Gasteiger partial charge on any atom is 0.216 e. The zero-order valence-electron chi connectivity index (χ0n) is 10.5. The number of fused-ring (bicyclic) bond motifs is 1. The van der Waals surface area contributed by atoms with E-state index in [1.54, 1.807) is 11.8 Å². The molecule has 0 spiro atoms. The second-order valence-electron chi connectivity index (χ2n) is 4.09. The number of benzene rings is 2. The van der Waals surface area contributed by atoms with E-state index < -0.39 is 0 Å². The average molecular weight is 251 g/mol. The van der Waals surface area contributed by atoms with E-state index in [-0.39, 0.29) is 0 Å².